The molecule has 34 heavy (non-hydrogen) atoms. The number of rotatable bonds is 6. The maximum absolute atomic E-state index is 14.2. The molecule has 0 spiro atoms. The van der Waals surface area contributed by atoms with Crippen LogP contribution in [0.1, 0.15) is 11.1 Å². The van der Waals surface area contributed by atoms with E-state index in [1.165, 1.54) is 18.3 Å². The van der Waals surface area contributed by atoms with Gasteiger partial charge in [0.15, 0.2) is 11.6 Å². The summed E-state index contributed by atoms with van der Waals surface area (Å²) in [7, 11) is 1.62. The van der Waals surface area contributed by atoms with E-state index in [-0.39, 0.29) is 29.8 Å². The van der Waals surface area contributed by atoms with Gasteiger partial charge in [0.1, 0.15) is 12.4 Å². The lowest BCUT2D eigenvalue weighted by Crippen LogP contribution is -2.28. The Kier molecular flexibility index (Phi) is 5.90. The average molecular weight is 480 g/mol. The van der Waals surface area contributed by atoms with Crippen LogP contribution in [-0.2, 0) is 19.6 Å². The zero-order valence-corrected chi connectivity index (χ0v) is 18.9. The Bertz CT molecular complexity index is 1420. The molecule has 0 N–H and O–H groups in total. The largest absolute Gasteiger partial charge is 0.497 e. The Morgan fingerprint density at radius 1 is 1.09 bits per heavy atom. The molecule has 0 aliphatic carbocycles. The summed E-state index contributed by atoms with van der Waals surface area (Å²) in [5, 5.41) is 0.449. The van der Waals surface area contributed by atoms with E-state index in [2.05, 4.69) is 9.97 Å². The van der Waals surface area contributed by atoms with Crippen LogP contribution in [0, 0.1) is 5.82 Å². The van der Waals surface area contributed by atoms with E-state index < -0.39 is 5.82 Å². The zero-order valence-electron chi connectivity index (χ0n) is 18.1. The van der Waals surface area contributed by atoms with Gasteiger partial charge in [-0.15, -0.1) is 0 Å². The van der Waals surface area contributed by atoms with E-state index in [1.54, 1.807) is 35.9 Å². The molecule has 0 bridgehead atoms. The number of hydrogen-bond acceptors (Lipinski definition) is 6. The monoisotopic (exact) mass is 479 g/mol. The summed E-state index contributed by atoms with van der Waals surface area (Å²) < 4.78 is 32.5. The molecule has 0 saturated heterocycles. The highest BCUT2D eigenvalue weighted by Crippen LogP contribution is 2.32. The number of nitrogens with zero attached hydrogens (tertiary/aromatic N) is 3. The van der Waals surface area contributed by atoms with Gasteiger partial charge in [0.05, 0.1) is 17.8 Å². The summed E-state index contributed by atoms with van der Waals surface area (Å²) in [4.78, 5) is 20.7. The Balaban J connectivity index is 1.37. The summed E-state index contributed by atoms with van der Waals surface area (Å²) >= 11 is 5.82. The predicted octanol–water partition coefficient (Wildman–Crippen LogP) is 5.03. The molecule has 172 valence electrons. The van der Waals surface area contributed by atoms with E-state index in [1.807, 2.05) is 18.2 Å². The molecule has 2 aromatic carbocycles. The van der Waals surface area contributed by atoms with Gasteiger partial charge in [0.2, 0.25) is 11.8 Å². The lowest BCUT2D eigenvalue weighted by molar-refractivity contribution is 0.290. The summed E-state index contributed by atoms with van der Waals surface area (Å²) in [5.41, 5.74) is 3.01. The van der Waals surface area contributed by atoms with Gasteiger partial charge in [0.25, 0.3) is 0 Å². The third-order valence-electron chi connectivity index (χ3n) is 5.48. The van der Waals surface area contributed by atoms with Crippen molar-refractivity contribution in [1.29, 1.82) is 0 Å². The van der Waals surface area contributed by atoms with Crippen LogP contribution in [0.5, 0.6) is 23.3 Å². The third kappa shape index (κ3) is 4.45. The fourth-order valence-electron chi connectivity index (χ4n) is 3.79. The SMILES string of the molecule is COc1ccc2c(c1)CCn1c-2cc(OCc2ccc(F)c(Oc3ccc(Cl)cn3)c2)nc1=O. The Labute approximate surface area is 199 Å². The van der Waals surface area contributed by atoms with Crippen LogP contribution in [0.25, 0.3) is 11.3 Å². The topological polar surface area (TPSA) is 75.5 Å². The molecular weight excluding hydrogens is 461 g/mol. The highest BCUT2D eigenvalue weighted by molar-refractivity contribution is 6.30. The Morgan fingerprint density at radius 3 is 2.76 bits per heavy atom. The van der Waals surface area contributed by atoms with Gasteiger partial charge < -0.3 is 14.2 Å². The van der Waals surface area contributed by atoms with E-state index in [0.717, 1.165) is 22.6 Å². The maximum atomic E-state index is 14.2. The molecule has 3 heterocycles. The molecule has 4 aromatic rings. The van der Waals surface area contributed by atoms with Gasteiger partial charge >= 0.3 is 5.69 Å². The fraction of sp³-hybridized carbons (Fsp3) is 0.160. The van der Waals surface area contributed by atoms with Gasteiger partial charge in [0, 0.05) is 30.4 Å². The second-order valence-electron chi connectivity index (χ2n) is 7.66. The van der Waals surface area contributed by atoms with Gasteiger partial charge in [-0.05, 0) is 53.9 Å². The maximum Gasteiger partial charge on any atom is 0.351 e. The summed E-state index contributed by atoms with van der Waals surface area (Å²) in [5.74, 6) is 0.616. The Morgan fingerprint density at radius 2 is 1.97 bits per heavy atom. The van der Waals surface area contributed by atoms with Crippen LogP contribution in [0.15, 0.2) is 65.6 Å². The van der Waals surface area contributed by atoms with E-state index >= 15 is 0 Å². The second kappa shape index (κ2) is 9.15. The van der Waals surface area contributed by atoms with Crippen molar-refractivity contribution in [3.63, 3.8) is 0 Å². The van der Waals surface area contributed by atoms with Crippen LogP contribution < -0.4 is 19.9 Å². The number of fused-ring (bicyclic) bond motifs is 3. The molecular formula is C25H19ClFN3O4. The lowest BCUT2D eigenvalue weighted by Gasteiger charge is -2.22. The van der Waals surface area contributed by atoms with Crippen molar-refractivity contribution in [2.24, 2.45) is 0 Å². The molecule has 1 aliphatic heterocycles. The number of methoxy groups -OCH3 is 1. The molecule has 0 radical (unpaired) electrons. The summed E-state index contributed by atoms with van der Waals surface area (Å²) in [6.07, 6.45) is 2.12. The van der Waals surface area contributed by atoms with Gasteiger partial charge in [-0.3, -0.25) is 4.57 Å². The first-order valence-electron chi connectivity index (χ1n) is 10.5. The fourth-order valence-corrected chi connectivity index (χ4v) is 3.90. The number of aryl methyl sites for hydroxylation is 1. The van der Waals surface area contributed by atoms with Crippen molar-refractivity contribution in [3.05, 3.63) is 93.2 Å². The number of halogens is 2. The number of benzene rings is 2. The minimum absolute atomic E-state index is 0.00253. The van der Waals surface area contributed by atoms with Crippen LogP contribution in [0.2, 0.25) is 5.02 Å². The lowest BCUT2D eigenvalue weighted by atomic mass is 9.97. The summed E-state index contributed by atoms with van der Waals surface area (Å²) in [6, 6.07) is 15.0. The Hall–Kier alpha value is -3.91. The highest BCUT2D eigenvalue weighted by atomic mass is 35.5. The first-order valence-corrected chi connectivity index (χ1v) is 10.9. The van der Waals surface area contributed by atoms with Crippen molar-refractivity contribution in [2.45, 2.75) is 19.6 Å². The number of pyridine rings is 1. The minimum Gasteiger partial charge on any atom is -0.497 e. The summed E-state index contributed by atoms with van der Waals surface area (Å²) in [6.45, 7) is 0.592. The van der Waals surface area contributed by atoms with Gasteiger partial charge in [-0.2, -0.15) is 4.98 Å². The molecule has 0 fully saturated rings. The zero-order chi connectivity index (χ0) is 23.7. The molecule has 2 aromatic heterocycles. The quantitative estimate of drug-likeness (QED) is 0.386. The van der Waals surface area contributed by atoms with Crippen molar-refractivity contribution in [3.8, 4) is 34.5 Å². The van der Waals surface area contributed by atoms with Crippen LogP contribution in [0.3, 0.4) is 0 Å². The average Bonchev–Trinajstić information content (AvgIpc) is 2.85. The standard InChI is InChI=1S/C25H19ClFN3O4/c1-32-18-4-5-19-16(11-18)8-9-30-21(19)12-24(29-25(30)31)33-14-15-2-6-20(27)22(10-15)34-23-7-3-17(26)13-28-23/h2-7,10-13H,8-9,14H2,1H3. The predicted molar refractivity (Wildman–Crippen MR) is 124 cm³/mol. The number of ether oxygens (including phenoxy) is 3. The normalized spacial score (nSPS) is 12.0. The molecule has 0 amide bonds. The molecule has 1 aliphatic rings. The van der Waals surface area contributed by atoms with E-state index in [4.69, 9.17) is 25.8 Å². The first-order chi connectivity index (χ1) is 16.5. The minimum atomic E-state index is -0.544. The van der Waals surface area contributed by atoms with Crippen molar-refractivity contribution in [2.75, 3.05) is 7.11 Å². The van der Waals surface area contributed by atoms with E-state index in [9.17, 15) is 9.18 Å². The third-order valence-corrected chi connectivity index (χ3v) is 5.70. The van der Waals surface area contributed by atoms with E-state index in [0.29, 0.717) is 23.6 Å². The van der Waals surface area contributed by atoms with Crippen LogP contribution >= 0.6 is 11.6 Å². The second-order valence-corrected chi connectivity index (χ2v) is 8.09. The number of aromatic nitrogens is 3. The van der Waals surface area contributed by atoms with Crippen LogP contribution in [0.4, 0.5) is 4.39 Å². The van der Waals surface area contributed by atoms with Crippen molar-refractivity contribution < 1.29 is 18.6 Å². The van der Waals surface area contributed by atoms with Gasteiger partial charge in [-0.1, -0.05) is 17.7 Å². The van der Waals surface area contributed by atoms with Crippen molar-refractivity contribution >= 4 is 11.6 Å². The molecule has 0 saturated carbocycles. The smallest absolute Gasteiger partial charge is 0.351 e. The molecule has 0 unspecified atom stereocenters. The molecule has 9 heteroatoms. The van der Waals surface area contributed by atoms with Gasteiger partial charge in [-0.25, -0.2) is 14.2 Å². The molecule has 7 nitrogen and oxygen atoms in total. The number of hydrogen-bond donors (Lipinski definition) is 0. The molecule has 5 rings (SSSR count). The highest BCUT2D eigenvalue weighted by Gasteiger charge is 2.20. The van der Waals surface area contributed by atoms with Crippen molar-refractivity contribution in [1.82, 2.24) is 14.5 Å². The van der Waals surface area contributed by atoms with Crippen LogP contribution in [-0.4, -0.2) is 21.6 Å². The molecule has 0 atom stereocenters. The first kappa shape index (κ1) is 21.9.